The summed E-state index contributed by atoms with van der Waals surface area (Å²) in [5, 5.41) is 7.15. The molecular weight excluding hydrogens is 390 g/mol. The molecule has 0 aliphatic heterocycles. The molecule has 2 aromatic carbocycles. The number of H-pyrrole nitrogens is 1. The largest absolute Gasteiger partial charge is 0.467 e. The van der Waals surface area contributed by atoms with Crippen LogP contribution in [0.3, 0.4) is 0 Å². The number of halogens is 1. The maximum Gasteiger partial charge on any atom is 0.267 e. The SMILES string of the molecule is O=C(NCc1ccco1)c1cccc(CNC(=O)c2cc3cc(Cl)ccc3[nH]2)c1. The van der Waals surface area contributed by atoms with Crippen molar-refractivity contribution in [2.45, 2.75) is 13.1 Å². The highest BCUT2D eigenvalue weighted by molar-refractivity contribution is 6.31. The number of hydrogen-bond donors (Lipinski definition) is 3. The fourth-order valence-electron chi connectivity index (χ4n) is 3.01. The van der Waals surface area contributed by atoms with E-state index in [1.165, 1.54) is 0 Å². The summed E-state index contributed by atoms with van der Waals surface area (Å²) < 4.78 is 5.21. The number of rotatable bonds is 6. The second-order valence-corrected chi connectivity index (χ2v) is 7.00. The minimum atomic E-state index is -0.231. The van der Waals surface area contributed by atoms with E-state index in [0.29, 0.717) is 35.1 Å². The van der Waals surface area contributed by atoms with Crippen LogP contribution in [-0.4, -0.2) is 16.8 Å². The van der Waals surface area contributed by atoms with Crippen LogP contribution in [0.5, 0.6) is 0 Å². The van der Waals surface area contributed by atoms with Crippen LogP contribution in [0, 0.1) is 0 Å². The Morgan fingerprint density at radius 1 is 0.931 bits per heavy atom. The van der Waals surface area contributed by atoms with Gasteiger partial charge in [0.2, 0.25) is 0 Å². The molecule has 0 atom stereocenters. The van der Waals surface area contributed by atoms with E-state index in [4.69, 9.17) is 16.0 Å². The van der Waals surface area contributed by atoms with Crippen LogP contribution >= 0.6 is 11.6 Å². The van der Waals surface area contributed by atoms with Gasteiger partial charge in [0.1, 0.15) is 11.5 Å². The lowest BCUT2D eigenvalue weighted by Gasteiger charge is -2.07. The zero-order chi connectivity index (χ0) is 20.2. The summed E-state index contributed by atoms with van der Waals surface area (Å²) in [6, 6.07) is 17.8. The van der Waals surface area contributed by atoms with E-state index >= 15 is 0 Å². The number of nitrogens with one attached hydrogen (secondary N) is 3. The van der Waals surface area contributed by atoms with Gasteiger partial charge in [-0.05, 0) is 54.1 Å². The first-order chi connectivity index (χ1) is 14.1. The Morgan fingerprint density at radius 3 is 2.62 bits per heavy atom. The van der Waals surface area contributed by atoms with Crippen LogP contribution in [0.2, 0.25) is 5.02 Å². The molecule has 4 aromatic rings. The topological polar surface area (TPSA) is 87.1 Å². The van der Waals surface area contributed by atoms with Crippen molar-refractivity contribution >= 4 is 34.3 Å². The van der Waals surface area contributed by atoms with E-state index in [2.05, 4.69) is 15.6 Å². The maximum absolute atomic E-state index is 12.5. The first-order valence-corrected chi connectivity index (χ1v) is 9.42. The van der Waals surface area contributed by atoms with E-state index < -0.39 is 0 Å². The van der Waals surface area contributed by atoms with Gasteiger partial charge in [0.05, 0.1) is 12.8 Å². The Morgan fingerprint density at radius 2 is 1.79 bits per heavy atom. The van der Waals surface area contributed by atoms with Crippen molar-refractivity contribution in [2.75, 3.05) is 0 Å². The first kappa shape index (κ1) is 18.8. The molecule has 0 aliphatic rings. The van der Waals surface area contributed by atoms with Crippen molar-refractivity contribution in [1.82, 2.24) is 15.6 Å². The highest BCUT2D eigenvalue weighted by Crippen LogP contribution is 2.20. The third kappa shape index (κ3) is 4.50. The molecule has 0 saturated carbocycles. The fraction of sp³-hybridized carbons (Fsp3) is 0.0909. The van der Waals surface area contributed by atoms with E-state index in [9.17, 15) is 9.59 Å². The number of aromatic amines is 1. The molecule has 0 bridgehead atoms. The third-order valence-corrected chi connectivity index (χ3v) is 4.71. The summed E-state index contributed by atoms with van der Waals surface area (Å²) >= 11 is 5.99. The lowest BCUT2D eigenvalue weighted by molar-refractivity contribution is 0.0941. The summed E-state index contributed by atoms with van der Waals surface area (Å²) in [4.78, 5) is 27.9. The molecule has 2 aromatic heterocycles. The molecule has 0 radical (unpaired) electrons. The van der Waals surface area contributed by atoms with Crippen molar-refractivity contribution in [3.8, 4) is 0 Å². The van der Waals surface area contributed by atoms with E-state index in [0.717, 1.165) is 16.5 Å². The smallest absolute Gasteiger partial charge is 0.267 e. The number of carbonyl (C=O) groups excluding carboxylic acids is 2. The second kappa shape index (κ2) is 8.24. The number of aromatic nitrogens is 1. The molecule has 7 heteroatoms. The normalized spacial score (nSPS) is 10.8. The molecule has 146 valence electrons. The van der Waals surface area contributed by atoms with Gasteiger partial charge in [-0.1, -0.05) is 23.7 Å². The Labute approximate surface area is 171 Å². The number of furan rings is 1. The van der Waals surface area contributed by atoms with Gasteiger partial charge in [0.15, 0.2) is 0 Å². The van der Waals surface area contributed by atoms with Crippen LogP contribution < -0.4 is 10.6 Å². The van der Waals surface area contributed by atoms with Crippen LogP contribution in [0.1, 0.15) is 32.2 Å². The number of hydrogen-bond acceptors (Lipinski definition) is 3. The van der Waals surface area contributed by atoms with Crippen LogP contribution in [-0.2, 0) is 13.1 Å². The van der Waals surface area contributed by atoms with Gasteiger partial charge in [0, 0.05) is 28.0 Å². The highest BCUT2D eigenvalue weighted by atomic mass is 35.5. The monoisotopic (exact) mass is 407 g/mol. The number of carbonyl (C=O) groups is 2. The van der Waals surface area contributed by atoms with Crippen molar-refractivity contribution in [3.63, 3.8) is 0 Å². The summed E-state index contributed by atoms with van der Waals surface area (Å²) in [5.74, 6) is 0.244. The molecule has 0 unspecified atom stereocenters. The fourth-order valence-corrected chi connectivity index (χ4v) is 3.19. The number of benzene rings is 2. The van der Waals surface area contributed by atoms with Gasteiger partial charge in [-0.3, -0.25) is 9.59 Å². The lowest BCUT2D eigenvalue weighted by atomic mass is 10.1. The highest BCUT2D eigenvalue weighted by Gasteiger charge is 2.11. The molecule has 6 nitrogen and oxygen atoms in total. The van der Waals surface area contributed by atoms with Crippen LogP contribution in [0.15, 0.2) is 71.3 Å². The Bertz CT molecular complexity index is 1170. The minimum absolute atomic E-state index is 0.206. The first-order valence-electron chi connectivity index (χ1n) is 9.04. The summed E-state index contributed by atoms with van der Waals surface area (Å²) in [6.07, 6.45) is 1.56. The predicted molar refractivity (Wildman–Crippen MR) is 111 cm³/mol. The zero-order valence-electron chi connectivity index (χ0n) is 15.4. The molecule has 0 fully saturated rings. The summed E-state index contributed by atoms with van der Waals surface area (Å²) in [6.45, 7) is 0.617. The molecule has 2 amide bonds. The quantitative estimate of drug-likeness (QED) is 0.446. The molecule has 0 spiro atoms. The average molecular weight is 408 g/mol. The third-order valence-electron chi connectivity index (χ3n) is 4.47. The Hall–Kier alpha value is -3.51. The molecular formula is C22H18ClN3O3. The molecule has 2 heterocycles. The lowest BCUT2D eigenvalue weighted by Crippen LogP contribution is -2.24. The maximum atomic E-state index is 12.5. The van der Waals surface area contributed by atoms with Crippen LogP contribution in [0.4, 0.5) is 0 Å². The standard InChI is InChI=1S/C22H18ClN3O3/c23-17-6-7-19-16(10-17)11-20(26-19)22(28)24-12-14-3-1-4-15(9-14)21(27)25-13-18-5-2-8-29-18/h1-11,26H,12-13H2,(H,24,28)(H,25,27). The second-order valence-electron chi connectivity index (χ2n) is 6.56. The van der Waals surface area contributed by atoms with E-state index in [-0.39, 0.29) is 11.8 Å². The average Bonchev–Trinajstić information content (AvgIpc) is 3.39. The number of amides is 2. The minimum Gasteiger partial charge on any atom is -0.467 e. The molecule has 0 saturated heterocycles. The van der Waals surface area contributed by atoms with E-state index in [1.807, 2.05) is 12.1 Å². The van der Waals surface area contributed by atoms with Crippen molar-refractivity contribution in [2.24, 2.45) is 0 Å². The Balaban J connectivity index is 1.38. The number of fused-ring (bicyclic) bond motifs is 1. The van der Waals surface area contributed by atoms with Gasteiger partial charge >= 0.3 is 0 Å². The molecule has 4 rings (SSSR count). The zero-order valence-corrected chi connectivity index (χ0v) is 16.1. The summed E-state index contributed by atoms with van der Waals surface area (Å²) in [7, 11) is 0. The molecule has 0 aliphatic carbocycles. The van der Waals surface area contributed by atoms with Gasteiger partial charge in [-0.25, -0.2) is 0 Å². The Kier molecular flexibility index (Phi) is 5.35. The molecule has 3 N–H and O–H groups in total. The van der Waals surface area contributed by atoms with Gasteiger partial charge in [-0.15, -0.1) is 0 Å². The van der Waals surface area contributed by atoms with E-state index in [1.54, 1.807) is 54.8 Å². The van der Waals surface area contributed by atoms with Gasteiger partial charge in [-0.2, -0.15) is 0 Å². The summed E-state index contributed by atoms with van der Waals surface area (Å²) in [5.41, 5.74) is 2.64. The van der Waals surface area contributed by atoms with Crippen molar-refractivity contribution < 1.29 is 14.0 Å². The van der Waals surface area contributed by atoms with Crippen LogP contribution in [0.25, 0.3) is 10.9 Å². The van der Waals surface area contributed by atoms with Gasteiger partial charge in [0.25, 0.3) is 11.8 Å². The van der Waals surface area contributed by atoms with Crippen molar-refractivity contribution in [1.29, 1.82) is 0 Å². The molecule has 29 heavy (non-hydrogen) atoms. The van der Waals surface area contributed by atoms with Gasteiger partial charge < -0.3 is 20.0 Å². The predicted octanol–water partition coefficient (Wildman–Crippen LogP) is 4.27. The van der Waals surface area contributed by atoms with Crippen molar-refractivity contribution in [3.05, 3.63) is 94.5 Å².